The van der Waals surface area contributed by atoms with Crippen LogP contribution in [0.15, 0.2) is 24.3 Å². The largest absolute Gasteiger partial charge is 0.493 e. The van der Waals surface area contributed by atoms with E-state index in [1.807, 2.05) is 24.3 Å². The number of carbonyl (C=O) groups excluding carboxylic acids is 1. The number of benzene rings is 1. The molecule has 148 valence electrons. The summed E-state index contributed by atoms with van der Waals surface area (Å²) in [4.78, 5) is 25.5. The summed E-state index contributed by atoms with van der Waals surface area (Å²) in [5.41, 5.74) is 0. The molecule has 2 amide bonds. The zero-order chi connectivity index (χ0) is 19.2. The molecular formula is C20H28N2O5. The molecular weight excluding hydrogens is 348 g/mol. The molecule has 1 aromatic rings. The number of hydrogen-bond acceptors (Lipinski definition) is 4. The fourth-order valence-corrected chi connectivity index (χ4v) is 3.87. The zero-order valence-electron chi connectivity index (χ0n) is 15.7. The third-order valence-corrected chi connectivity index (χ3v) is 5.43. The van der Waals surface area contributed by atoms with Crippen molar-refractivity contribution in [2.24, 2.45) is 5.92 Å². The molecule has 1 atom stereocenters. The van der Waals surface area contributed by atoms with Gasteiger partial charge in [-0.2, -0.15) is 0 Å². The van der Waals surface area contributed by atoms with Crippen molar-refractivity contribution in [2.75, 3.05) is 20.2 Å². The lowest BCUT2D eigenvalue weighted by Gasteiger charge is -2.35. The first-order chi connectivity index (χ1) is 13.1. The van der Waals surface area contributed by atoms with Gasteiger partial charge in [-0.05, 0) is 50.7 Å². The lowest BCUT2D eigenvalue weighted by molar-refractivity contribution is -0.142. The Hall–Kier alpha value is -2.44. The predicted octanol–water partition coefficient (Wildman–Crippen LogP) is 2.89. The van der Waals surface area contributed by atoms with E-state index in [2.05, 4.69) is 5.32 Å². The number of carboxylic acids is 1. The number of piperidine rings is 1. The summed E-state index contributed by atoms with van der Waals surface area (Å²) in [6.45, 7) is 1.25. The minimum absolute atomic E-state index is 0.0589. The van der Waals surface area contributed by atoms with E-state index in [0.29, 0.717) is 37.4 Å². The topological polar surface area (TPSA) is 88.1 Å². The van der Waals surface area contributed by atoms with Gasteiger partial charge in [-0.3, -0.25) is 4.79 Å². The van der Waals surface area contributed by atoms with Crippen LogP contribution in [0.4, 0.5) is 4.79 Å². The van der Waals surface area contributed by atoms with Gasteiger partial charge >= 0.3 is 12.0 Å². The first-order valence-corrected chi connectivity index (χ1v) is 9.64. The molecule has 3 rings (SSSR count). The van der Waals surface area contributed by atoms with E-state index in [9.17, 15) is 9.59 Å². The van der Waals surface area contributed by atoms with E-state index in [0.717, 1.165) is 25.7 Å². The van der Waals surface area contributed by atoms with Crippen molar-refractivity contribution in [2.45, 2.75) is 50.7 Å². The van der Waals surface area contributed by atoms with E-state index in [1.54, 1.807) is 12.0 Å². The van der Waals surface area contributed by atoms with Crippen molar-refractivity contribution in [1.82, 2.24) is 10.2 Å². The molecule has 1 unspecified atom stereocenters. The van der Waals surface area contributed by atoms with Crippen LogP contribution in [-0.2, 0) is 4.79 Å². The van der Waals surface area contributed by atoms with Crippen LogP contribution in [0.5, 0.6) is 11.5 Å². The number of nitrogens with zero attached hydrogens (tertiary/aromatic N) is 1. The summed E-state index contributed by atoms with van der Waals surface area (Å²) in [5, 5.41) is 12.1. The Morgan fingerprint density at radius 2 is 1.81 bits per heavy atom. The molecule has 0 spiro atoms. The third kappa shape index (κ3) is 5.05. The number of ether oxygens (including phenoxy) is 2. The second-order valence-electron chi connectivity index (χ2n) is 7.32. The first-order valence-electron chi connectivity index (χ1n) is 9.64. The van der Waals surface area contributed by atoms with E-state index >= 15 is 0 Å². The number of carboxylic acid groups (broad SMARTS) is 1. The Morgan fingerprint density at radius 3 is 2.48 bits per heavy atom. The summed E-state index contributed by atoms with van der Waals surface area (Å²) >= 11 is 0. The predicted molar refractivity (Wildman–Crippen MR) is 100 cm³/mol. The monoisotopic (exact) mass is 376 g/mol. The molecule has 27 heavy (non-hydrogen) atoms. The van der Waals surface area contributed by atoms with Crippen LogP contribution < -0.4 is 14.8 Å². The van der Waals surface area contributed by atoms with Gasteiger partial charge in [0.05, 0.1) is 19.6 Å². The number of nitrogens with one attached hydrogen (secondary N) is 1. The van der Waals surface area contributed by atoms with Gasteiger partial charge in [-0.15, -0.1) is 0 Å². The van der Waals surface area contributed by atoms with Crippen LogP contribution in [0, 0.1) is 5.92 Å². The van der Waals surface area contributed by atoms with E-state index in [4.69, 9.17) is 14.6 Å². The van der Waals surface area contributed by atoms with Gasteiger partial charge in [0, 0.05) is 12.6 Å². The number of para-hydroxylation sites is 2. The van der Waals surface area contributed by atoms with Gasteiger partial charge in [-0.1, -0.05) is 12.1 Å². The number of methoxy groups -OCH3 is 1. The SMILES string of the molecule is COc1ccccc1OC1CCCN(C(=O)NC2CCC(C(=O)O)CC2)C1. The molecule has 1 saturated heterocycles. The number of likely N-dealkylation sites (tertiary alicyclic amines) is 1. The zero-order valence-corrected chi connectivity index (χ0v) is 15.7. The van der Waals surface area contributed by atoms with Crippen LogP contribution in [0.25, 0.3) is 0 Å². The molecule has 7 nitrogen and oxygen atoms in total. The first kappa shape index (κ1) is 19.3. The number of aliphatic carboxylic acids is 1. The summed E-state index contributed by atoms with van der Waals surface area (Å²) < 4.78 is 11.4. The van der Waals surface area contributed by atoms with E-state index in [-0.39, 0.29) is 24.1 Å². The smallest absolute Gasteiger partial charge is 0.317 e. The Morgan fingerprint density at radius 1 is 1.11 bits per heavy atom. The summed E-state index contributed by atoms with van der Waals surface area (Å²) in [6.07, 6.45) is 4.41. The third-order valence-electron chi connectivity index (χ3n) is 5.43. The Balaban J connectivity index is 1.50. The number of amides is 2. The number of carbonyl (C=O) groups is 2. The van der Waals surface area contributed by atoms with Crippen LogP contribution in [0.2, 0.25) is 0 Å². The molecule has 1 saturated carbocycles. The molecule has 1 heterocycles. The van der Waals surface area contributed by atoms with Gasteiger partial charge in [0.15, 0.2) is 11.5 Å². The van der Waals surface area contributed by atoms with E-state index < -0.39 is 5.97 Å². The normalized spacial score (nSPS) is 25.5. The van der Waals surface area contributed by atoms with Crippen molar-refractivity contribution in [3.8, 4) is 11.5 Å². The highest BCUT2D eigenvalue weighted by atomic mass is 16.5. The Bertz CT molecular complexity index is 658. The van der Waals surface area contributed by atoms with Crippen molar-refractivity contribution < 1.29 is 24.2 Å². The second kappa shape index (κ2) is 8.97. The number of urea groups is 1. The maximum absolute atomic E-state index is 12.6. The molecule has 1 aliphatic carbocycles. The van der Waals surface area contributed by atoms with Crippen LogP contribution >= 0.6 is 0 Å². The van der Waals surface area contributed by atoms with Crippen LogP contribution in [0.3, 0.4) is 0 Å². The standard InChI is InChI=1S/C20H28N2O5/c1-26-17-6-2-3-7-18(17)27-16-5-4-12-22(13-16)20(25)21-15-10-8-14(9-11-15)19(23)24/h2-3,6-7,14-16H,4-5,8-13H2,1H3,(H,21,25)(H,23,24). The number of hydrogen-bond donors (Lipinski definition) is 2. The van der Waals surface area contributed by atoms with Gasteiger partial charge in [-0.25, -0.2) is 4.79 Å². The maximum atomic E-state index is 12.6. The molecule has 2 fully saturated rings. The Kier molecular flexibility index (Phi) is 6.42. The molecule has 1 aliphatic heterocycles. The van der Waals surface area contributed by atoms with Gasteiger partial charge in [0.1, 0.15) is 6.10 Å². The highest BCUT2D eigenvalue weighted by Crippen LogP contribution is 2.29. The maximum Gasteiger partial charge on any atom is 0.317 e. The highest BCUT2D eigenvalue weighted by Gasteiger charge is 2.30. The summed E-state index contributed by atoms with van der Waals surface area (Å²) in [5.74, 6) is 0.382. The van der Waals surface area contributed by atoms with Crippen molar-refractivity contribution in [3.63, 3.8) is 0 Å². The quantitative estimate of drug-likeness (QED) is 0.825. The lowest BCUT2D eigenvalue weighted by Crippen LogP contribution is -2.51. The molecule has 2 N–H and O–H groups in total. The second-order valence-corrected chi connectivity index (χ2v) is 7.32. The van der Waals surface area contributed by atoms with Crippen molar-refractivity contribution in [1.29, 1.82) is 0 Å². The van der Waals surface area contributed by atoms with Gasteiger partial charge in [0.2, 0.25) is 0 Å². The molecule has 1 aromatic carbocycles. The highest BCUT2D eigenvalue weighted by molar-refractivity contribution is 5.75. The summed E-state index contributed by atoms with van der Waals surface area (Å²) in [7, 11) is 1.61. The summed E-state index contributed by atoms with van der Waals surface area (Å²) in [6, 6.07) is 7.50. The van der Waals surface area contributed by atoms with Crippen LogP contribution in [0.1, 0.15) is 38.5 Å². The fourth-order valence-electron chi connectivity index (χ4n) is 3.87. The Labute approximate surface area is 159 Å². The van der Waals surface area contributed by atoms with Crippen molar-refractivity contribution in [3.05, 3.63) is 24.3 Å². The minimum Gasteiger partial charge on any atom is -0.493 e. The fraction of sp³-hybridized carbons (Fsp3) is 0.600. The molecule has 0 bridgehead atoms. The molecule has 2 aliphatic rings. The average Bonchev–Trinajstić information content (AvgIpc) is 2.69. The van der Waals surface area contributed by atoms with Gasteiger partial charge < -0.3 is 24.8 Å². The number of rotatable bonds is 5. The molecule has 0 radical (unpaired) electrons. The van der Waals surface area contributed by atoms with Crippen molar-refractivity contribution >= 4 is 12.0 Å². The van der Waals surface area contributed by atoms with Crippen LogP contribution in [-0.4, -0.2) is 54.4 Å². The average molecular weight is 376 g/mol. The molecule has 0 aromatic heterocycles. The minimum atomic E-state index is -0.730. The van der Waals surface area contributed by atoms with Gasteiger partial charge in [0.25, 0.3) is 0 Å². The van der Waals surface area contributed by atoms with E-state index in [1.165, 1.54) is 0 Å². The lowest BCUT2D eigenvalue weighted by atomic mass is 9.86. The molecule has 7 heteroatoms.